The third kappa shape index (κ3) is 2.60. The first kappa shape index (κ1) is 15.9. The zero-order valence-electron chi connectivity index (χ0n) is 15.5. The van der Waals surface area contributed by atoms with Gasteiger partial charge in [-0.15, -0.1) is 0 Å². The van der Waals surface area contributed by atoms with E-state index in [-0.39, 0.29) is 0 Å². The van der Waals surface area contributed by atoms with Gasteiger partial charge in [0.25, 0.3) is 0 Å². The summed E-state index contributed by atoms with van der Waals surface area (Å²) < 4.78 is 4.51. The van der Waals surface area contributed by atoms with E-state index in [4.69, 9.17) is 0 Å². The molecule has 2 unspecified atom stereocenters. The van der Waals surface area contributed by atoms with Crippen LogP contribution in [0.1, 0.15) is 74.9 Å². The predicted octanol–water partition coefficient (Wildman–Crippen LogP) is 4.15. The maximum absolute atomic E-state index is 4.69. The van der Waals surface area contributed by atoms with Crippen molar-refractivity contribution in [3.05, 3.63) is 34.9 Å². The van der Waals surface area contributed by atoms with Gasteiger partial charge in [0.2, 0.25) is 0 Å². The van der Waals surface area contributed by atoms with Crippen molar-refractivity contribution in [1.82, 2.24) is 19.6 Å². The summed E-state index contributed by atoms with van der Waals surface area (Å²) in [5, 5.41) is 9.30. The van der Waals surface area contributed by atoms with Gasteiger partial charge in [-0.2, -0.15) is 10.2 Å². The monoisotopic (exact) mass is 326 g/mol. The normalized spacial score (nSPS) is 24.7. The van der Waals surface area contributed by atoms with Crippen molar-refractivity contribution in [3.63, 3.8) is 0 Å². The van der Waals surface area contributed by atoms with Gasteiger partial charge in [-0.1, -0.05) is 27.7 Å². The van der Waals surface area contributed by atoms with Crippen molar-refractivity contribution < 1.29 is 0 Å². The third-order valence-electron chi connectivity index (χ3n) is 6.32. The van der Waals surface area contributed by atoms with Gasteiger partial charge in [-0.05, 0) is 60.5 Å². The lowest BCUT2D eigenvalue weighted by Crippen LogP contribution is -2.26. The molecule has 24 heavy (non-hydrogen) atoms. The Morgan fingerprint density at radius 2 is 1.54 bits per heavy atom. The van der Waals surface area contributed by atoms with Gasteiger partial charge >= 0.3 is 0 Å². The minimum atomic E-state index is 0.563. The molecule has 2 aromatic rings. The van der Waals surface area contributed by atoms with Crippen LogP contribution in [0.2, 0.25) is 0 Å². The van der Waals surface area contributed by atoms with Gasteiger partial charge in [0.1, 0.15) is 0 Å². The summed E-state index contributed by atoms with van der Waals surface area (Å²) in [6, 6.07) is 0. The molecule has 0 fully saturated rings. The number of hydrogen-bond donors (Lipinski definition) is 0. The first-order valence-corrected chi connectivity index (χ1v) is 9.63. The number of hydrogen-bond acceptors (Lipinski definition) is 2. The van der Waals surface area contributed by atoms with Crippen LogP contribution in [0.15, 0.2) is 12.4 Å². The predicted molar refractivity (Wildman–Crippen MR) is 96.3 cm³/mol. The van der Waals surface area contributed by atoms with E-state index in [0.717, 1.165) is 25.4 Å². The molecule has 0 N–H and O–H groups in total. The van der Waals surface area contributed by atoms with Crippen molar-refractivity contribution in [2.45, 2.75) is 78.3 Å². The third-order valence-corrected chi connectivity index (χ3v) is 6.32. The number of aryl methyl sites for hydroxylation is 2. The van der Waals surface area contributed by atoms with Crippen molar-refractivity contribution >= 4 is 0 Å². The Hall–Kier alpha value is -1.58. The minimum Gasteiger partial charge on any atom is -0.269 e. The second-order valence-corrected chi connectivity index (χ2v) is 8.33. The Bertz CT molecular complexity index is 724. The fourth-order valence-electron chi connectivity index (χ4n) is 4.64. The number of nitrogens with zero attached hydrogens (tertiary/aromatic N) is 4. The summed E-state index contributed by atoms with van der Waals surface area (Å²) in [5.41, 5.74) is 5.93. The molecule has 0 aliphatic carbocycles. The lowest BCUT2D eigenvalue weighted by atomic mass is 9.79. The highest BCUT2D eigenvalue weighted by Crippen LogP contribution is 2.38. The molecule has 130 valence electrons. The Morgan fingerprint density at radius 3 is 2.25 bits per heavy atom. The van der Waals surface area contributed by atoms with Crippen molar-refractivity contribution in [1.29, 1.82) is 0 Å². The van der Waals surface area contributed by atoms with E-state index in [0.29, 0.717) is 17.8 Å². The van der Waals surface area contributed by atoms with Crippen LogP contribution in [0.5, 0.6) is 0 Å². The first-order chi connectivity index (χ1) is 11.5. The molecule has 4 rings (SSSR count). The van der Waals surface area contributed by atoms with E-state index in [1.165, 1.54) is 41.8 Å². The highest BCUT2D eigenvalue weighted by Gasteiger charge is 2.31. The van der Waals surface area contributed by atoms with Gasteiger partial charge < -0.3 is 0 Å². The van der Waals surface area contributed by atoms with Crippen LogP contribution in [-0.4, -0.2) is 19.6 Å². The molecule has 4 nitrogen and oxygen atoms in total. The summed E-state index contributed by atoms with van der Waals surface area (Å²) in [4.78, 5) is 0. The topological polar surface area (TPSA) is 35.6 Å². The summed E-state index contributed by atoms with van der Waals surface area (Å²) in [5.74, 6) is 2.65. The molecule has 3 atom stereocenters. The SMILES string of the molecule is CC(C)c1cnn2c1CC(C(C)c1cnn3c1C[C@H](C)CC3)CC2. The molecule has 0 aromatic carbocycles. The van der Waals surface area contributed by atoms with Crippen LogP contribution in [0, 0.1) is 11.8 Å². The quantitative estimate of drug-likeness (QED) is 0.849. The second-order valence-electron chi connectivity index (χ2n) is 8.33. The molecule has 0 bridgehead atoms. The summed E-state index contributed by atoms with van der Waals surface area (Å²) >= 11 is 0. The minimum absolute atomic E-state index is 0.563. The van der Waals surface area contributed by atoms with Crippen LogP contribution in [0.4, 0.5) is 0 Å². The van der Waals surface area contributed by atoms with Gasteiger partial charge in [0, 0.05) is 24.5 Å². The molecule has 0 saturated carbocycles. The van der Waals surface area contributed by atoms with E-state index in [9.17, 15) is 0 Å². The van der Waals surface area contributed by atoms with E-state index in [1.54, 1.807) is 0 Å². The fourth-order valence-corrected chi connectivity index (χ4v) is 4.64. The number of fused-ring (bicyclic) bond motifs is 2. The molecular formula is C20H30N4. The standard InChI is InChI=1S/C20H30N4/c1-13(2)17-11-21-24-8-6-16(10-20(17)24)15(4)18-12-22-23-7-5-14(3)9-19(18)23/h11-16H,5-10H2,1-4H3/t14-,15?,16?/m1/s1. The van der Waals surface area contributed by atoms with E-state index >= 15 is 0 Å². The Labute approximate surface area is 145 Å². The maximum atomic E-state index is 4.69. The summed E-state index contributed by atoms with van der Waals surface area (Å²) in [6.45, 7) is 11.5. The van der Waals surface area contributed by atoms with Gasteiger partial charge in [-0.3, -0.25) is 9.36 Å². The highest BCUT2D eigenvalue weighted by molar-refractivity contribution is 5.28. The van der Waals surface area contributed by atoms with Gasteiger partial charge in [0.15, 0.2) is 0 Å². The molecule has 2 aliphatic heterocycles. The lowest BCUT2D eigenvalue weighted by molar-refractivity contribution is 0.322. The van der Waals surface area contributed by atoms with Crippen LogP contribution < -0.4 is 0 Å². The van der Waals surface area contributed by atoms with Crippen molar-refractivity contribution in [2.75, 3.05) is 0 Å². The van der Waals surface area contributed by atoms with E-state index in [2.05, 4.69) is 59.6 Å². The highest BCUT2D eigenvalue weighted by atomic mass is 15.3. The first-order valence-electron chi connectivity index (χ1n) is 9.63. The zero-order chi connectivity index (χ0) is 16.8. The largest absolute Gasteiger partial charge is 0.269 e. The molecular weight excluding hydrogens is 296 g/mol. The average Bonchev–Trinajstić information content (AvgIpc) is 3.17. The summed E-state index contributed by atoms with van der Waals surface area (Å²) in [6.07, 6.45) is 9.11. The smallest absolute Gasteiger partial charge is 0.0527 e. The zero-order valence-corrected chi connectivity index (χ0v) is 15.5. The molecule has 0 radical (unpaired) electrons. The van der Waals surface area contributed by atoms with Gasteiger partial charge in [-0.25, -0.2) is 0 Å². The average molecular weight is 326 g/mol. The molecule has 0 spiro atoms. The van der Waals surface area contributed by atoms with Crippen LogP contribution >= 0.6 is 0 Å². The Morgan fingerprint density at radius 1 is 0.917 bits per heavy atom. The Balaban J connectivity index is 1.59. The number of rotatable bonds is 3. The molecule has 4 heterocycles. The van der Waals surface area contributed by atoms with E-state index in [1.807, 2.05) is 0 Å². The molecule has 0 amide bonds. The van der Waals surface area contributed by atoms with Crippen LogP contribution in [0.3, 0.4) is 0 Å². The van der Waals surface area contributed by atoms with Gasteiger partial charge in [0.05, 0.1) is 12.4 Å². The van der Waals surface area contributed by atoms with Crippen molar-refractivity contribution in [2.24, 2.45) is 11.8 Å². The second kappa shape index (κ2) is 6.05. The molecule has 0 saturated heterocycles. The molecule has 2 aromatic heterocycles. The summed E-state index contributed by atoms with van der Waals surface area (Å²) in [7, 11) is 0. The van der Waals surface area contributed by atoms with Crippen molar-refractivity contribution in [3.8, 4) is 0 Å². The van der Waals surface area contributed by atoms with E-state index < -0.39 is 0 Å². The maximum Gasteiger partial charge on any atom is 0.0527 e. The van der Waals surface area contributed by atoms with Crippen LogP contribution in [0.25, 0.3) is 0 Å². The van der Waals surface area contributed by atoms with Crippen LogP contribution in [-0.2, 0) is 25.9 Å². The Kier molecular flexibility index (Phi) is 4.01. The molecule has 4 heteroatoms. The molecule has 2 aliphatic rings. The fraction of sp³-hybridized carbons (Fsp3) is 0.700. The number of aromatic nitrogens is 4. The lowest BCUT2D eigenvalue weighted by Gasteiger charge is -2.30.